The van der Waals surface area contributed by atoms with Crippen LogP contribution in [0.25, 0.3) is 0 Å². The van der Waals surface area contributed by atoms with E-state index in [9.17, 15) is 0 Å². The van der Waals surface area contributed by atoms with Crippen LogP contribution in [-0.2, 0) is 0 Å². The zero-order valence-corrected chi connectivity index (χ0v) is 8.84. The Morgan fingerprint density at radius 3 is 1.83 bits per heavy atom. The molecule has 0 aromatic carbocycles. The Morgan fingerprint density at radius 2 is 1.67 bits per heavy atom. The van der Waals surface area contributed by atoms with Gasteiger partial charge < -0.3 is 10.6 Å². The molecule has 1 fully saturated rings. The molecule has 1 heterocycles. The molecular weight excluding hydrogens is 148 g/mol. The maximum absolute atomic E-state index is 5.29. The van der Waals surface area contributed by atoms with Gasteiger partial charge in [-0.25, -0.2) is 0 Å². The Hall–Kier alpha value is -0.0800. The van der Waals surface area contributed by atoms with Crippen molar-refractivity contribution in [3.05, 3.63) is 0 Å². The molecule has 0 bridgehead atoms. The van der Waals surface area contributed by atoms with Crippen LogP contribution in [0.3, 0.4) is 0 Å². The second-order valence-electron chi connectivity index (χ2n) is 3.53. The maximum Gasteiger partial charge on any atom is 0.000781 e. The molecule has 1 aliphatic heterocycles. The Bertz CT molecular complexity index is 85.8. The van der Waals surface area contributed by atoms with E-state index in [-0.39, 0.29) is 0 Å². The third kappa shape index (κ3) is 6.62. The fraction of sp³-hybridized carbons (Fsp3) is 1.00. The molecular formula is C10H24N2. The average Bonchev–Trinajstić information content (AvgIpc) is 2.57. The van der Waals surface area contributed by atoms with Crippen molar-refractivity contribution >= 4 is 0 Å². The van der Waals surface area contributed by atoms with E-state index in [2.05, 4.69) is 18.7 Å². The summed E-state index contributed by atoms with van der Waals surface area (Å²) in [4.78, 5) is 2.49. The summed E-state index contributed by atoms with van der Waals surface area (Å²) < 4.78 is 0. The number of likely N-dealkylation sites (tertiary alicyclic amines) is 1. The first-order valence-electron chi connectivity index (χ1n) is 5.18. The number of nitrogens with two attached hydrogens (primary N) is 1. The van der Waals surface area contributed by atoms with Gasteiger partial charge in [0.1, 0.15) is 0 Å². The van der Waals surface area contributed by atoms with Gasteiger partial charge in [0, 0.05) is 6.04 Å². The molecule has 1 aliphatic rings. The summed E-state index contributed by atoms with van der Waals surface area (Å²) in [7, 11) is 0. The topological polar surface area (TPSA) is 29.3 Å². The standard InChI is InChI=1S/C6H13N.C4H11N/c1-2-7-5-3-4-6-7;1-3-4(2)5/h2-6H2,1H3;4H,3,5H2,1-2H3. The minimum absolute atomic E-state index is 0.384. The van der Waals surface area contributed by atoms with Gasteiger partial charge in [-0.15, -0.1) is 0 Å². The summed E-state index contributed by atoms with van der Waals surface area (Å²) in [6.07, 6.45) is 3.93. The quantitative estimate of drug-likeness (QED) is 0.688. The first-order chi connectivity index (χ1) is 5.70. The van der Waals surface area contributed by atoms with Gasteiger partial charge in [-0.05, 0) is 45.8 Å². The Morgan fingerprint density at radius 1 is 1.25 bits per heavy atom. The molecule has 2 heteroatoms. The maximum atomic E-state index is 5.29. The van der Waals surface area contributed by atoms with Crippen molar-refractivity contribution in [1.82, 2.24) is 4.90 Å². The zero-order valence-electron chi connectivity index (χ0n) is 8.84. The summed E-state index contributed by atoms with van der Waals surface area (Å²) >= 11 is 0. The lowest BCUT2D eigenvalue weighted by Gasteiger charge is -2.08. The molecule has 1 atom stereocenters. The molecule has 1 unspecified atom stereocenters. The molecule has 2 N–H and O–H groups in total. The summed E-state index contributed by atoms with van der Waals surface area (Å²) in [5.41, 5.74) is 5.29. The van der Waals surface area contributed by atoms with E-state index >= 15 is 0 Å². The number of nitrogens with zero attached hydrogens (tertiary/aromatic N) is 1. The van der Waals surface area contributed by atoms with Crippen LogP contribution in [0.2, 0.25) is 0 Å². The molecule has 0 spiro atoms. The Labute approximate surface area is 77.1 Å². The molecule has 2 nitrogen and oxygen atoms in total. The van der Waals surface area contributed by atoms with Crippen molar-refractivity contribution in [2.24, 2.45) is 5.73 Å². The lowest BCUT2D eigenvalue weighted by Crippen LogP contribution is -2.17. The molecule has 1 saturated heterocycles. The Kier molecular flexibility index (Phi) is 7.51. The lowest BCUT2D eigenvalue weighted by molar-refractivity contribution is 0.359. The monoisotopic (exact) mass is 172 g/mol. The first-order valence-corrected chi connectivity index (χ1v) is 5.18. The molecule has 0 aromatic heterocycles. The second-order valence-corrected chi connectivity index (χ2v) is 3.53. The van der Waals surface area contributed by atoms with Gasteiger partial charge in [-0.1, -0.05) is 13.8 Å². The molecule has 0 saturated carbocycles. The largest absolute Gasteiger partial charge is 0.328 e. The van der Waals surface area contributed by atoms with Gasteiger partial charge in [-0.3, -0.25) is 0 Å². The normalized spacial score (nSPS) is 20.0. The molecule has 74 valence electrons. The SMILES string of the molecule is CCC(C)N.CCN1CCCC1. The predicted molar refractivity (Wildman–Crippen MR) is 55.3 cm³/mol. The van der Waals surface area contributed by atoms with Crippen LogP contribution in [-0.4, -0.2) is 30.6 Å². The minimum atomic E-state index is 0.384. The van der Waals surface area contributed by atoms with Crippen LogP contribution in [0.1, 0.15) is 40.0 Å². The van der Waals surface area contributed by atoms with E-state index in [0.717, 1.165) is 6.42 Å². The number of hydrogen-bond donors (Lipinski definition) is 1. The van der Waals surface area contributed by atoms with E-state index in [0.29, 0.717) is 6.04 Å². The molecule has 0 amide bonds. The predicted octanol–water partition coefficient (Wildman–Crippen LogP) is 1.85. The molecule has 0 radical (unpaired) electrons. The van der Waals surface area contributed by atoms with Crippen molar-refractivity contribution in [1.29, 1.82) is 0 Å². The van der Waals surface area contributed by atoms with E-state index in [1.54, 1.807) is 0 Å². The van der Waals surface area contributed by atoms with Gasteiger partial charge in [0.05, 0.1) is 0 Å². The smallest absolute Gasteiger partial charge is 0.000781 e. The highest BCUT2D eigenvalue weighted by Crippen LogP contribution is 2.04. The van der Waals surface area contributed by atoms with Crippen LogP contribution in [0.15, 0.2) is 0 Å². The summed E-state index contributed by atoms with van der Waals surface area (Å²) in [6.45, 7) is 10.2. The van der Waals surface area contributed by atoms with E-state index in [1.807, 2.05) is 6.92 Å². The van der Waals surface area contributed by atoms with Crippen LogP contribution >= 0.6 is 0 Å². The van der Waals surface area contributed by atoms with Crippen molar-refractivity contribution < 1.29 is 0 Å². The van der Waals surface area contributed by atoms with Gasteiger partial charge >= 0.3 is 0 Å². The van der Waals surface area contributed by atoms with Crippen LogP contribution in [0.4, 0.5) is 0 Å². The molecule has 0 aromatic rings. The zero-order chi connectivity index (χ0) is 9.40. The molecule has 12 heavy (non-hydrogen) atoms. The van der Waals surface area contributed by atoms with Gasteiger partial charge in [-0.2, -0.15) is 0 Å². The van der Waals surface area contributed by atoms with Crippen molar-refractivity contribution in [3.8, 4) is 0 Å². The van der Waals surface area contributed by atoms with E-state index in [1.165, 1.54) is 32.5 Å². The highest BCUT2D eigenvalue weighted by atomic mass is 15.1. The van der Waals surface area contributed by atoms with Gasteiger partial charge in [0.15, 0.2) is 0 Å². The molecule has 1 rings (SSSR count). The van der Waals surface area contributed by atoms with Crippen molar-refractivity contribution in [2.45, 2.75) is 46.1 Å². The third-order valence-electron chi connectivity index (χ3n) is 2.29. The van der Waals surface area contributed by atoms with E-state index < -0.39 is 0 Å². The fourth-order valence-corrected chi connectivity index (χ4v) is 1.10. The molecule has 0 aliphatic carbocycles. The first kappa shape index (κ1) is 11.9. The minimum Gasteiger partial charge on any atom is -0.328 e. The number of rotatable bonds is 2. The number of hydrogen-bond acceptors (Lipinski definition) is 2. The van der Waals surface area contributed by atoms with Crippen molar-refractivity contribution in [3.63, 3.8) is 0 Å². The van der Waals surface area contributed by atoms with Crippen LogP contribution in [0, 0.1) is 0 Å². The van der Waals surface area contributed by atoms with Crippen LogP contribution < -0.4 is 5.73 Å². The third-order valence-corrected chi connectivity index (χ3v) is 2.29. The summed E-state index contributed by atoms with van der Waals surface area (Å²) in [5.74, 6) is 0. The second kappa shape index (κ2) is 7.56. The van der Waals surface area contributed by atoms with Crippen LogP contribution in [0.5, 0.6) is 0 Å². The lowest BCUT2D eigenvalue weighted by atomic mass is 10.3. The van der Waals surface area contributed by atoms with Crippen molar-refractivity contribution in [2.75, 3.05) is 19.6 Å². The highest BCUT2D eigenvalue weighted by molar-refractivity contribution is 4.62. The van der Waals surface area contributed by atoms with Gasteiger partial charge in [0.25, 0.3) is 0 Å². The summed E-state index contributed by atoms with van der Waals surface area (Å²) in [6, 6.07) is 0.384. The summed E-state index contributed by atoms with van der Waals surface area (Å²) in [5, 5.41) is 0. The highest BCUT2D eigenvalue weighted by Gasteiger charge is 2.06. The van der Waals surface area contributed by atoms with E-state index in [4.69, 9.17) is 5.73 Å². The Balaban J connectivity index is 0.000000217. The van der Waals surface area contributed by atoms with Gasteiger partial charge in [0.2, 0.25) is 0 Å². The average molecular weight is 172 g/mol. The fourth-order valence-electron chi connectivity index (χ4n) is 1.10.